The van der Waals surface area contributed by atoms with Gasteiger partial charge in [0.15, 0.2) is 0 Å². The van der Waals surface area contributed by atoms with Crippen LogP contribution in [0.25, 0.3) is 16.6 Å². The molecular formula is C29H32N6O3. The van der Waals surface area contributed by atoms with Gasteiger partial charge in [0, 0.05) is 42.5 Å². The number of hydrogen-bond acceptors (Lipinski definition) is 7. The third-order valence-corrected chi connectivity index (χ3v) is 5.88. The van der Waals surface area contributed by atoms with Gasteiger partial charge in [0.1, 0.15) is 24.2 Å². The zero-order valence-electron chi connectivity index (χ0n) is 21.9. The van der Waals surface area contributed by atoms with Crippen LogP contribution in [-0.2, 0) is 0 Å². The lowest BCUT2D eigenvalue weighted by molar-refractivity contribution is 0.0283. The summed E-state index contributed by atoms with van der Waals surface area (Å²) in [4.78, 5) is 19.2. The summed E-state index contributed by atoms with van der Waals surface area (Å²) in [6, 6.07) is 17.1. The predicted octanol–water partition coefficient (Wildman–Crippen LogP) is 4.06. The van der Waals surface area contributed by atoms with Crippen LogP contribution in [0.4, 0.5) is 5.82 Å². The maximum absolute atomic E-state index is 12.4. The number of nitrogens with zero attached hydrogens (tertiary/aromatic N) is 5. The smallest absolute Gasteiger partial charge is 0.251 e. The van der Waals surface area contributed by atoms with E-state index in [1.807, 2.05) is 36.4 Å². The van der Waals surface area contributed by atoms with E-state index in [1.165, 1.54) is 6.20 Å². The molecule has 0 saturated heterocycles. The van der Waals surface area contributed by atoms with Crippen molar-refractivity contribution in [3.63, 3.8) is 0 Å². The number of fused-ring (bicyclic) bond motifs is 1. The highest BCUT2D eigenvalue weighted by atomic mass is 16.5. The first-order valence-corrected chi connectivity index (χ1v) is 12.6. The SMILES string of the molecule is CCCN(CCNC(=O)c1ccccc1)c1ccc(-c2cc(OCC(C)(C)O)cn3ncc(C#N)c23)cn1. The minimum Gasteiger partial charge on any atom is -0.489 e. The van der Waals surface area contributed by atoms with Crippen molar-refractivity contribution in [2.75, 3.05) is 31.1 Å². The summed E-state index contributed by atoms with van der Waals surface area (Å²) in [5.41, 5.74) is 2.30. The number of nitriles is 1. The molecule has 196 valence electrons. The normalized spacial score (nSPS) is 11.2. The summed E-state index contributed by atoms with van der Waals surface area (Å²) in [6.45, 7) is 7.44. The molecule has 0 aliphatic rings. The van der Waals surface area contributed by atoms with Crippen LogP contribution in [0.3, 0.4) is 0 Å². The van der Waals surface area contributed by atoms with Gasteiger partial charge in [0.2, 0.25) is 0 Å². The molecule has 9 nitrogen and oxygen atoms in total. The topological polar surface area (TPSA) is 116 Å². The van der Waals surface area contributed by atoms with Crippen LogP contribution in [0.2, 0.25) is 0 Å². The second kappa shape index (κ2) is 11.8. The van der Waals surface area contributed by atoms with E-state index in [-0.39, 0.29) is 12.5 Å². The molecule has 38 heavy (non-hydrogen) atoms. The predicted molar refractivity (Wildman–Crippen MR) is 146 cm³/mol. The number of hydrogen-bond donors (Lipinski definition) is 2. The van der Waals surface area contributed by atoms with Crippen molar-refractivity contribution in [3.8, 4) is 22.9 Å². The van der Waals surface area contributed by atoms with Gasteiger partial charge in [-0.05, 0) is 50.6 Å². The number of benzene rings is 1. The van der Waals surface area contributed by atoms with E-state index in [4.69, 9.17) is 9.72 Å². The molecule has 0 spiro atoms. The van der Waals surface area contributed by atoms with Crippen LogP contribution in [-0.4, -0.2) is 57.5 Å². The molecule has 0 atom stereocenters. The molecule has 0 unspecified atom stereocenters. The van der Waals surface area contributed by atoms with Crippen LogP contribution < -0.4 is 15.0 Å². The quantitative estimate of drug-likeness (QED) is 0.311. The van der Waals surface area contributed by atoms with Gasteiger partial charge >= 0.3 is 0 Å². The van der Waals surface area contributed by atoms with Crippen molar-refractivity contribution in [1.82, 2.24) is 19.9 Å². The number of aromatic nitrogens is 3. The largest absolute Gasteiger partial charge is 0.489 e. The highest BCUT2D eigenvalue weighted by Crippen LogP contribution is 2.31. The second-order valence-corrected chi connectivity index (χ2v) is 9.67. The summed E-state index contributed by atoms with van der Waals surface area (Å²) < 4.78 is 7.43. The van der Waals surface area contributed by atoms with Crippen molar-refractivity contribution >= 4 is 17.2 Å². The summed E-state index contributed by atoms with van der Waals surface area (Å²) in [5, 5.41) is 27.0. The Balaban J connectivity index is 1.55. The van der Waals surface area contributed by atoms with Crippen molar-refractivity contribution in [2.45, 2.75) is 32.8 Å². The van der Waals surface area contributed by atoms with Crippen LogP contribution in [0.1, 0.15) is 43.1 Å². The van der Waals surface area contributed by atoms with Crippen LogP contribution in [0.15, 0.2) is 67.1 Å². The van der Waals surface area contributed by atoms with Gasteiger partial charge < -0.3 is 20.1 Å². The Hall–Kier alpha value is -4.42. The summed E-state index contributed by atoms with van der Waals surface area (Å²) >= 11 is 0. The van der Waals surface area contributed by atoms with E-state index in [0.717, 1.165) is 29.9 Å². The molecule has 1 aromatic carbocycles. The molecule has 2 N–H and O–H groups in total. The lowest BCUT2D eigenvalue weighted by Gasteiger charge is -2.23. The molecule has 3 aromatic heterocycles. The first-order chi connectivity index (χ1) is 18.3. The highest BCUT2D eigenvalue weighted by Gasteiger charge is 2.18. The first-order valence-electron chi connectivity index (χ1n) is 12.6. The van der Waals surface area contributed by atoms with E-state index in [0.29, 0.717) is 35.5 Å². The molecule has 0 aliphatic heterocycles. The third-order valence-electron chi connectivity index (χ3n) is 5.88. The summed E-state index contributed by atoms with van der Waals surface area (Å²) in [7, 11) is 0. The Labute approximate surface area is 222 Å². The number of rotatable bonds is 11. The number of pyridine rings is 2. The average Bonchev–Trinajstić information content (AvgIpc) is 3.34. The maximum Gasteiger partial charge on any atom is 0.251 e. The molecule has 0 bridgehead atoms. The lowest BCUT2D eigenvalue weighted by Crippen LogP contribution is -2.35. The van der Waals surface area contributed by atoms with Crippen LogP contribution in [0.5, 0.6) is 5.75 Å². The zero-order chi connectivity index (χ0) is 27.1. The Morgan fingerprint density at radius 1 is 1.18 bits per heavy atom. The van der Waals surface area contributed by atoms with E-state index >= 15 is 0 Å². The van der Waals surface area contributed by atoms with Gasteiger partial charge in [-0.2, -0.15) is 10.4 Å². The molecule has 9 heteroatoms. The number of aliphatic hydroxyl groups is 1. The minimum absolute atomic E-state index is 0.102. The fourth-order valence-corrected chi connectivity index (χ4v) is 4.08. The lowest BCUT2D eigenvalue weighted by atomic mass is 10.1. The molecule has 1 amide bonds. The van der Waals surface area contributed by atoms with Crippen molar-refractivity contribution in [2.24, 2.45) is 0 Å². The fraction of sp³-hybridized carbons (Fsp3) is 0.310. The minimum atomic E-state index is -0.996. The summed E-state index contributed by atoms with van der Waals surface area (Å²) in [6.07, 6.45) is 5.91. The molecule has 4 aromatic rings. The van der Waals surface area contributed by atoms with Crippen LogP contribution in [0, 0.1) is 11.3 Å². The number of carbonyl (C=O) groups is 1. The Bertz CT molecular complexity index is 1420. The van der Waals surface area contributed by atoms with E-state index < -0.39 is 5.60 Å². The second-order valence-electron chi connectivity index (χ2n) is 9.67. The van der Waals surface area contributed by atoms with Crippen molar-refractivity contribution < 1.29 is 14.6 Å². The first kappa shape index (κ1) is 26.6. The number of carbonyl (C=O) groups excluding carboxylic acids is 1. The van der Waals surface area contributed by atoms with Crippen molar-refractivity contribution in [1.29, 1.82) is 5.26 Å². The Morgan fingerprint density at radius 3 is 2.63 bits per heavy atom. The average molecular weight is 513 g/mol. The van der Waals surface area contributed by atoms with Gasteiger partial charge in [-0.1, -0.05) is 25.1 Å². The fourth-order valence-electron chi connectivity index (χ4n) is 4.08. The molecule has 4 rings (SSSR count). The molecule has 0 radical (unpaired) electrons. The van der Waals surface area contributed by atoms with Crippen molar-refractivity contribution in [3.05, 3.63) is 78.2 Å². The highest BCUT2D eigenvalue weighted by molar-refractivity contribution is 5.94. The number of anilines is 1. The summed E-state index contributed by atoms with van der Waals surface area (Å²) in [5.74, 6) is 1.22. The van der Waals surface area contributed by atoms with Crippen LogP contribution >= 0.6 is 0 Å². The molecule has 0 aliphatic carbocycles. The molecule has 3 heterocycles. The van der Waals surface area contributed by atoms with Gasteiger partial charge in [0.25, 0.3) is 5.91 Å². The van der Waals surface area contributed by atoms with E-state index in [9.17, 15) is 15.2 Å². The molecular weight excluding hydrogens is 480 g/mol. The third kappa shape index (κ3) is 6.47. The maximum atomic E-state index is 12.4. The van der Waals surface area contributed by atoms with Gasteiger partial charge in [-0.25, -0.2) is 9.50 Å². The van der Waals surface area contributed by atoms with E-state index in [2.05, 4.69) is 28.3 Å². The van der Waals surface area contributed by atoms with Gasteiger partial charge in [-0.15, -0.1) is 0 Å². The Morgan fingerprint density at radius 2 is 1.97 bits per heavy atom. The van der Waals surface area contributed by atoms with E-state index in [1.54, 1.807) is 42.9 Å². The standard InChI is InChI=1S/C29H32N6O3/c1-4-13-34(14-12-31-28(36)21-8-6-5-7-9-21)26-11-10-22(17-32-26)25-15-24(38-20-29(2,3)37)19-35-27(25)23(16-30)18-33-35/h5-11,15,17-19,37H,4,12-14,20H2,1-3H3,(H,31,36). The number of amides is 1. The molecule has 0 saturated carbocycles. The molecule has 0 fully saturated rings. The number of nitrogens with one attached hydrogen (secondary N) is 1. The van der Waals surface area contributed by atoms with Gasteiger partial charge in [0.05, 0.1) is 29.1 Å². The monoisotopic (exact) mass is 512 g/mol. The zero-order valence-corrected chi connectivity index (χ0v) is 21.9. The van der Waals surface area contributed by atoms with Gasteiger partial charge in [-0.3, -0.25) is 4.79 Å². The Kier molecular flexibility index (Phi) is 8.24. The number of ether oxygens (including phenoxy) is 1.